The number of aryl methyl sites for hydroxylation is 1. The van der Waals surface area contributed by atoms with Gasteiger partial charge in [-0.25, -0.2) is 5.12 Å². The molecule has 1 aromatic rings. The van der Waals surface area contributed by atoms with Gasteiger partial charge in [-0.3, -0.25) is 15.1 Å². The summed E-state index contributed by atoms with van der Waals surface area (Å²) in [5.74, 6) is 0.251. The van der Waals surface area contributed by atoms with Crippen LogP contribution in [-0.4, -0.2) is 42.3 Å². The van der Waals surface area contributed by atoms with Crippen molar-refractivity contribution in [1.82, 2.24) is 15.4 Å². The molecule has 3 heterocycles. The number of hydrogen-bond acceptors (Lipinski definition) is 5. The van der Waals surface area contributed by atoms with Crippen LogP contribution >= 0.6 is 0 Å². The standard InChI is InChI=1S/C25H29N5O/c1-17-4-6-21(7-5-17)29-11-9-19(10-12-29)25(31)30-13-8-18(2)14-22-23(30)15-20-16-26-28(3)27-24(20)22/h4-8,13-14,16,19,27H,9-12,15H2,1-3H3. The second-order valence-corrected chi connectivity index (χ2v) is 8.83. The Labute approximate surface area is 183 Å². The molecule has 1 saturated heterocycles. The number of benzene rings is 1. The number of hydrogen-bond donors (Lipinski definition) is 1. The fourth-order valence-electron chi connectivity index (χ4n) is 4.74. The molecule has 160 valence electrons. The van der Waals surface area contributed by atoms with Gasteiger partial charge in [-0.2, -0.15) is 5.10 Å². The van der Waals surface area contributed by atoms with E-state index < -0.39 is 0 Å². The summed E-state index contributed by atoms with van der Waals surface area (Å²) in [5, 5.41) is 6.05. The normalized spacial score (nSPS) is 21.1. The lowest BCUT2D eigenvalue weighted by Gasteiger charge is -2.35. The van der Waals surface area contributed by atoms with Crippen molar-refractivity contribution in [2.45, 2.75) is 33.1 Å². The van der Waals surface area contributed by atoms with Gasteiger partial charge in [-0.1, -0.05) is 17.7 Å². The van der Waals surface area contributed by atoms with E-state index >= 15 is 0 Å². The number of carbonyl (C=O) groups is 1. The van der Waals surface area contributed by atoms with Crippen LogP contribution in [0.2, 0.25) is 0 Å². The summed E-state index contributed by atoms with van der Waals surface area (Å²) in [4.78, 5) is 17.9. The summed E-state index contributed by atoms with van der Waals surface area (Å²) in [6.07, 6.45) is 10.5. The number of nitrogens with zero attached hydrogens (tertiary/aromatic N) is 4. The van der Waals surface area contributed by atoms with Crippen molar-refractivity contribution >= 4 is 17.8 Å². The monoisotopic (exact) mass is 415 g/mol. The first-order valence-electron chi connectivity index (χ1n) is 11.0. The molecular formula is C25H29N5O. The molecule has 1 aromatic carbocycles. The lowest BCUT2D eigenvalue weighted by atomic mass is 9.94. The van der Waals surface area contributed by atoms with Crippen molar-refractivity contribution in [3.05, 3.63) is 76.3 Å². The molecule has 6 nitrogen and oxygen atoms in total. The Bertz CT molecular complexity index is 1050. The number of fused-ring (bicyclic) bond motifs is 1. The van der Waals surface area contributed by atoms with E-state index in [-0.39, 0.29) is 11.8 Å². The predicted octanol–water partition coefficient (Wildman–Crippen LogP) is 3.86. The van der Waals surface area contributed by atoms with Crippen LogP contribution in [0.4, 0.5) is 5.69 Å². The molecule has 5 rings (SSSR count). The van der Waals surface area contributed by atoms with Crippen LogP contribution in [-0.2, 0) is 4.79 Å². The zero-order valence-electron chi connectivity index (χ0n) is 18.4. The second kappa shape index (κ2) is 7.76. The number of allylic oxidation sites excluding steroid dienone is 4. The molecule has 6 heteroatoms. The third kappa shape index (κ3) is 3.67. The molecule has 0 atom stereocenters. The molecule has 0 bridgehead atoms. The Morgan fingerprint density at radius 2 is 1.87 bits per heavy atom. The maximum absolute atomic E-state index is 13.6. The molecule has 0 spiro atoms. The van der Waals surface area contributed by atoms with Crippen molar-refractivity contribution < 1.29 is 4.79 Å². The summed E-state index contributed by atoms with van der Waals surface area (Å²) < 4.78 is 0. The highest BCUT2D eigenvalue weighted by Crippen LogP contribution is 2.38. The van der Waals surface area contributed by atoms with E-state index in [0.29, 0.717) is 0 Å². The van der Waals surface area contributed by atoms with Crippen molar-refractivity contribution in [3.8, 4) is 0 Å². The SMILES string of the molecule is CC1=CC2=C(CC3=C2NN(C)N=C3)N(C(=O)C2CCN(c3ccc(C)cc3)CC2)C=C1. The summed E-state index contributed by atoms with van der Waals surface area (Å²) in [7, 11) is 1.88. The van der Waals surface area contributed by atoms with Crippen molar-refractivity contribution in [2.75, 3.05) is 25.0 Å². The van der Waals surface area contributed by atoms with Crippen LogP contribution in [0, 0.1) is 12.8 Å². The van der Waals surface area contributed by atoms with E-state index in [1.165, 1.54) is 11.3 Å². The molecule has 1 fully saturated rings. The average molecular weight is 416 g/mol. The van der Waals surface area contributed by atoms with Gasteiger partial charge in [0.15, 0.2) is 0 Å². The summed E-state index contributed by atoms with van der Waals surface area (Å²) in [5.41, 5.74) is 11.3. The molecule has 1 N–H and O–H groups in total. The largest absolute Gasteiger partial charge is 0.371 e. The molecular weight excluding hydrogens is 386 g/mol. The van der Waals surface area contributed by atoms with Crippen LogP contribution in [0.5, 0.6) is 0 Å². The maximum Gasteiger partial charge on any atom is 0.234 e. The maximum atomic E-state index is 13.6. The third-order valence-corrected chi connectivity index (χ3v) is 6.55. The molecule has 3 aliphatic heterocycles. The molecule has 0 aromatic heterocycles. The minimum absolute atomic E-state index is 0.0421. The molecule has 0 unspecified atom stereocenters. The van der Waals surface area contributed by atoms with Gasteiger partial charge in [0.2, 0.25) is 5.91 Å². The number of anilines is 1. The number of piperidine rings is 1. The van der Waals surface area contributed by atoms with Gasteiger partial charge >= 0.3 is 0 Å². The zero-order valence-corrected chi connectivity index (χ0v) is 18.4. The number of hydrazone groups is 1. The fourth-order valence-corrected chi connectivity index (χ4v) is 4.74. The summed E-state index contributed by atoms with van der Waals surface area (Å²) in [6.45, 7) is 6.01. The Kier molecular flexibility index (Phi) is 4.93. The minimum Gasteiger partial charge on any atom is -0.371 e. The van der Waals surface area contributed by atoms with Gasteiger partial charge in [0, 0.05) is 61.2 Å². The van der Waals surface area contributed by atoms with Crippen molar-refractivity contribution in [3.63, 3.8) is 0 Å². The van der Waals surface area contributed by atoms with Crippen molar-refractivity contribution in [2.24, 2.45) is 11.0 Å². The molecule has 4 aliphatic rings. The first kappa shape index (κ1) is 19.7. The average Bonchev–Trinajstić information content (AvgIpc) is 3.02. The number of carbonyl (C=O) groups excluding carboxylic acids is 1. The predicted molar refractivity (Wildman–Crippen MR) is 124 cm³/mol. The molecule has 1 amide bonds. The molecule has 0 radical (unpaired) electrons. The van der Waals surface area contributed by atoms with E-state index in [1.807, 2.05) is 30.4 Å². The van der Waals surface area contributed by atoms with E-state index in [9.17, 15) is 4.79 Å². The fraction of sp³-hybridized carbons (Fsp3) is 0.360. The number of nitrogens with one attached hydrogen (secondary N) is 1. The Balaban J connectivity index is 1.33. The number of rotatable bonds is 2. The minimum atomic E-state index is 0.0421. The van der Waals surface area contributed by atoms with E-state index in [1.54, 1.807) is 5.12 Å². The van der Waals surface area contributed by atoms with Crippen LogP contribution < -0.4 is 10.3 Å². The van der Waals surface area contributed by atoms with Crippen LogP contribution in [0.25, 0.3) is 0 Å². The summed E-state index contributed by atoms with van der Waals surface area (Å²) in [6, 6.07) is 8.67. The Hall–Kier alpha value is -3.28. The van der Waals surface area contributed by atoms with Crippen LogP contribution in [0.3, 0.4) is 0 Å². The van der Waals surface area contributed by atoms with Gasteiger partial charge in [-0.05, 0) is 56.5 Å². The van der Waals surface area contributed by atoms with Gasteiger partial charge in [0.1, 0.15) is 0 Å². The van der Waals surface area contributed by atoms with Crippen LogP contribution in [0.15, 0.2) is 75.8 Å². The first-order valence-corrected chi connectivity index (χ1v) is 11.0. The van der Waals surface area contributed by atoms with Crippen LogP contribution in [0.1, 0.15) is 31.7 Å². The van der Waals surface area contributed by atoms with Gasteiger partial charge < -0.3 is 4.90 Å². The second-order valence-electron chi connectivity index (χ2n) is 8.83. The zero-order chi connectivity index (χ0) is 21.5. The van der Waals surface area contributed by atoms with E-state index in [2.05, 4.69) is 59.6 Å². The molecule has 1 aliphatic carbocycles. The van der Waals surface area contributed by atoms with E-state index in [0.717, 1.165) is 60.5 Å². The highest BCUT2D eigenvalue weighted by Gasteiger charge is 2.35. The highest BCUT2D eigenvalue weighted by molar-refractivity contribution is 5.88. The number of amides is 1. The first-order chi connectivity index (χ1) is 15.0. The smallest absolute Gasteiger partial charge is 0.234 e. The third-order valence-electron chi connectivity index (χ3n) is 6.55. The van der Waals surface area contributed by atoms with Gasteiger partial charge in [-0.15, -0.1) is 0 Å². The van der Waals surface area contributed by atoms with E-state index in [4.69, 9.17) is 0 Å². The Morgan fingerprint density at radius 3 is 2.61 bits per heavy atom. The molecule has 31 heavy (non-hydrogen) atoms. The Morgan fingerprint density at radius 1 is 1.13 bits per heavy atom. The van der Waals surface area contributed by atoms with Gasteiger partial charge in [0.05, 0.1) is 11.9 Å². The lowest BCUT2D eigenvalue weighted by Crippen LogP contribution is -2.40. The quantitative estimate of drug-likeness (QED) is 0.797. The highest BCUT2D eigenvalue weighted by atomic mass is 16.2. The topological polar surface area (TPSA) is 51.2 Å². The van der Waals surface area contributed by atoms with Gasteiger partial charge in [0.25, 0.3) is 0 Å². The lowest BCUT2D eigenvalue weighted by molar-refractivity contribution is -0.131. The summed E-state index contributed by atoms with van der Waals surface area (Å²) >= 11 is 0. The molecule has 0 saturated carbocycles. The van der Waals surface area contributed by atoms with Crippen molar-refractivity contribution in [1.29, 1.82) is 0 Å². The number of hydrazine groups is 1.